The van der Waals surface area contributed by atoms with Crippen LogP contribution in [0.1, 0.15) is 17.0 Å². The van der Waals surface area contributed by atoms with E-state index in [1.54, 1.807) is 12.1 Å². The van der Waals surface area contributed by atoms with E-state index in [9.17, 15) is 0 Å². The number of aryl methyl sites for hydroxylation is 2. The average molecular weight is 231 g/mol. The molecule has 0 bridgehead atoms. The zero-order valence-electron chi connectivity index (χ0n) is 9.16. The predicted molar refractivity (Wildman–Crippen MR) is 65.0 cm³/mol. The van der Waals surface area contributed by atoms with Gasteiger partial charge in [-0.1, -0.05) is 11.6 Å². The molecule has 0 atom stereocenters. The molecule has 0 saturated heterocycles. The predicted octanol–water partition coefficient (Wildman–Crippen LogP) is 3.62. The first-order valence-electron chi connectivity index (χ1n) is 4.98. The first-order chi connectivity index (χ1) is 7.63. The first kappa shape index (κ1) is 10.8. The van der Waals surface area contributed by atoms with Crippen LogP contribution >= 0.6 is 11.6 Å². The summed E-state index contributed by atoms with van der Waals surface area (Å²) in [5.41, 5.74) is 3.75. The van der Waals surface area contributed by atoms with E-state index in [0.717, 1.165) is 17.1 Å². The molecule has 0 aliphatic heterocycles. The van der Waals surface area contributed by atoms with E-state index in [1.807, 2.05) is 32.0 Å². The van der Waals surface area contributed by atoms with Gasteiger partial charge in [-0.2, -0.15) is 5.26 Å². The second-order valence-electron chi connectivity index (χ2n) is 3.73. The number of hydrogen-bond acceptors (Lipinski definition) is 1. The van der Waals surface area contributed by atoms with Gasteiger partial charge in [0.05, 0.1) is 22.3 Å². The highest BCUT2D eigenvalue weighted by atomic mass is 35.5. The monoisotopic (exact) mass is 230 g/mol. The Bertz CT molecular complexity index is 557. The lowest BCUT2D eigenvalue weighted by Crippen LogP contribution is -1.99. The van der Waals surface area contributed by atoms with Crippen LogP contribution in [0.5, 0.6) is 0 Å². The van der Waals surface area contributed by atoms with Gasteiger partial charge in [-0.25, -0.2) is 0 Å². The van der Waals surface area contributed by atoms with Crippen LogP contribution in [0, 0.1) is 25.2 Å². The molecule has 0 N–H and O–H groups in total. The van der Waals surface area contributed by atoms with Gasteiger partial charge in [0, 0.05) is 11.4 Å². The molecule has 0 radical (unpaired) electrons. The van der Waals surface area contributed by atoms with Crippen molar-refractivity contribution in [2.24, 2.45) is 0 Å². The fourth-order valence-electron chi connectivity index (χ4n) is 1.81. The Labute approximate surface area is 99.7 Å². The Morgan fingerprint density at radius 1 is 1.12 bits per heavy atom. The molecule has 2 nitrogen and oxygen atoms in total. The summed E-state index contributed by atoms with van der Waals surface area (Å²) in [4.78, 5) is 0. The Morgan fingerprint density at radius 3 is 2.25 bits per heavy atom. The Hall–Kier alpha value is -1.72. The van der Waals surface area contributed by atoms with Crippen LogP contribution in [0.15, 0.2) is 30.3 Å². The van der Waals surface area contributed by atoms with Crippen LogP contribution in [0.2, 0.25) is 5.02 Å². The molecule has 1 aromatic heterocycles. The molecule has 0 spiro atoms. The highest BCUT2D eigenvalue weighted by Crippen LogP contribution is 2.25. The molecule has 3 heteroatoms. The summed E-state index contributed by atoms with van der Waals surface area (Å²) in [6, 6.07) is 11.5. The number of aromatic nitrogens is 1. The van der Waals surface area contributed by atoms with E-state index in [2.05, 4.69) is 10.6 Å². The molecule has 80 valence electrons. The van der Waals surface area contributed by atoms with Gasteiger partial charge in [-0.05, 0) is 44.2 Å². The van der Waals surface area contributed by atoms with Gasteiger partial charge >= 0.3 is 0 Å². The Balaban J connectivity index is 2.62. The van der Waals surface area contributed by atoms with Crippen molar-refractivity contribution in [2.75, 3.05) is 0 Å². The van der Waals surface area contributed by atoms with E-state index in [4.69, 9.17) is 16.9 Å². The number of nitrogens with zero attached hydrogens (tertiary/aromatic N) is 2. The van der Waals surface area contributed by atoms with Crippen molar-refractivity contribution in [3.05, 3.63) is 52.3 Å². The van der Waals surface area contributed by atoms with Crippen molar-refractivity contribution < 1.29 is 0 Å². The third kappa shape index (κ3) is 1.70. The summed E-state index contributed by atoms with van der Waals surface area (Å²) < 4.78 is 2.07. The van der Waals surface area contributed by atoms with Gasteiger partial charge in [0.2, 0.25) is 0 Å². The van der Waals surface area contributed by atoms with Crippen molar-refractivity contribution in [2.45, 2.75) is 13.8 Å². The minimum Gasteiger partial charge on any atom is -0.317 e. The normalized spacial score (nSPS) is 10.1. The quantitative estimate of drug-likeness (QED) is 0.736. The fraction of sp³-hybridized carbons (Fsp3) is 0.154. The van der Waals surface area contributed by atoms with E-state index in [1.165, 1.54) is 0 Å². The second-order valence-corrected chi connectivity index (χ2v) is 4.14. The van der Waals surface area contributed by atoms with Crippen molar-refractivity contribution in [1.29, 1.82) is 5.26 Å². The number of nitriles is 1. The third-order valence-electron chi connectivity index (χ3n) is 2.59. The fourth-order valence-corrected chi connectivity index (χ4v) is 2.07. The summed E-state index contributed by atoms with van der Waals surface area (Å²) in [6.07, 6.45) is 0. The second kappa shape index (κ2) is 4.03. The Morgan fingerprint density at radius 2 is 1.75 bits per heavy atom. The number of halogens is 1. The maximum Gasteiger partial charge on any atom is 0.0992 e. The molecule has 1 heterocycles. The average Bonchev–Trinajstić information content (AvgIpc) is 2.59. The van der Waals surface area contributed by atoms with Gasteiger partial charge in [0.1, 0.15) is 0 Å². The lowest BCUT2D eigenvalue weighted by molar-refractivity contribution is 0.966. The summed E-state index contributed by atoms with van der Waals surface area (Å²) in [7, 11) is 0. The van der Waals surface area contributed by atoms with Crippen LogP contribution < -0.4 is 0 Å². The largest absolute Gasteiger partial charge is 0.317 e. The molecule has 16 heavy (non-hydrogen) atoms. The molecular weight excluding hydrogens is 220 g/mol. The molecular formula is C13H11ClN2. The van der Waals surface area contributed by atoms with Gasteiger partial charge in [0.25, 0.3) is 0 Å². The summed E-state index contributed by atoms with van der Waals surface area (Å²) in [5, 5.41) is 9.38. The lowest BCUT2D eigenvalue weighted by Gasteiger charge is -2.11. The smallest absolute Gasteiger partial charge is 0.0992 e. The van der Waals surface area contributed by atoms with Crippen LogP contribution in [-0.2, 0) is 0 Å². The maximum absolute atomic E-state index is 8.78. The van der Waals surface area contributed by atoms with E-state index >= 15 is 0 Å². The number of hydrogen-bond donors (Lipinski definition) is 0. The van der Waals surface area contributed by atoms with E-state index < -0.39 is 0 Å². The van der Waals surface area contributed by atoms with Gasteiger partial charge < -0.3 is 4.57 Å². The summed E-state index contributed by atoms with van der Waals surface area (Å²) in [5.74, 6) is 0. The van der Waals surface area contributed by atoms with Crippen LogP contribution in [-0.4, -0.2) is 4.57 Å². The van der Waals surface area contributed by atoms with Crippen molar-refractivity contribution in [1.82, 2.24) is 4.57 Å². The van der Waals surface area contributed by atoms with Crippen molar-refractivity contribution in [3.63, 3.8) is 0 Å². The topological polar surface area (TPSA) is 28.7 Å². The molecule has 0 saturated carbocycles. The lowest BCUT2D eigenvalue weighted by atomic mass is 10.2. The molecule has 0 unspecified atom stereocenters. The van der Waals surface area contributed by atoms with Crippen molar-refractivity contribution >= 4 is 11.6 Å². The van der Waals surface area contributed by atoms with E-state index in [-0.39, 0.29) is 0 Å². The zero-order chi connectivity index (χ0) is 11.7. The first-order valence-corrected chi connectivity index (χ1v) is 5.36. The minimum absolute atomic E-state index is 0.580. The molecule has 0 aliphatic rings. The molecule has 0 amide bonds. The SMILES string of the molecule is Cc1ccc(C)n1-c1ccc(C#N)cc1Cl. The number of benzene rings is 1. The van der Waals surface area contributed by atoms with E-state index in [0.29, 0.717) is 10.6 Å². The number of rotatable bonds is 1. The van der Waals surface area contributed by atoms with Crippen LogP contribution in [0.25, 0.3) is 5.69 Å². The highest BCUT2D eigenvalue weighted by Gasteiger charge is 2.08. The van der Waals surface area contributed by atoms with Gasteiger partial charge in [-0.3, -0.25) is 0 Å². The van der Waals surface area contributed by atoms with Crippen molar-refractivity contribution in [3.8, 4) is 11.8 Å². The van der Waals surface area contributed by atoms with Crippen LogP contribution in [0.3, 0.4) is 0 Å². The molecule has 0 fully saturated rings. The van der Waals surface area contributed by atoms with Gasteiger partial charge in [0.15, 0.2) is 0 Å². The summed E-state index contributed by atoms with van der Waals surface area (Å²) >= 11 is 6.17. The molecule has 2 rings (SSSR count). The maximum atomic E-state index is 8.78. The van der Waals surface area contributed by atoms with Crippen LogP contribution in [0.4, 0.5) is 0 Å². The zero-order valence-corrected chi connectivity index (χ0v) is 9.92. The Kier molecular flexibility index (Phi) is 2.72. The molecule has 0 aliphatic carbocycles. The summed E-state index contributed by atoms with van der Waals surface area (Å²) in [6.45, 7) is 4.06. The highest BCUT2D eigenvalue weighted by molar-refractivity contribution is 6.32. The minimum atomic E-state index is 0.580. The van der Waals surface area contributed by atoms with Gasteiger partial charge in [-0.15, -0.1) is 0 Å². The molecule has 2 aromatic rings. The third-order valence-corrected chi connectivity index (χ3v) is 2.89. The molecule has 1 aromatic carbocycles. The standard InChI is InChI=1S/C13H11ClN2/c1-9-3-4-10(2)16(9)13-6-5-11(8-15)7-12(13)14/h3-7H,1-2H3.